The number of hydrogen-bond donors (Lipinski definition) is 0. The van der Waals surface area contributed by atoms with E-state index in [0.717, 1.165) is 5.52 Å². The minimum Gasteiger partial charge on any atom is -0.256 e. The Morgan fingerprint density at radius 3 is 1.33 bits per heavy atom. The van der Waals surface area contributed by atoms with Gasteiger partial charge in [-0.1, -0.05) is 152 Å². The van der Waals surface area contributed by atoms with Crippen molar-refractivity contribution in [2.45, 2.75) is 0 Å². The molecule has 0 saturated carbocycles. The van der Waals surface area contributed by atoms with Crippen molar-refractivity contribution in [1.82, 2.24) is 4.98 Å². The second kappa shape index (κ2) is 10.1. The zero-order valence-corrected chi connectivity index (χ0v) is 23.0. The summed E-state index contributed by atoms with van der Waals surface area (Å²) < 4.78 is 0. The van der Waals surface area contributed by atoms with Gasteiger partial charge in [-0.2, -0.15) is 0 Å². The van der Waals surface area contributed by atoms with Crippen LogP contribution in [0.15, 0.2) is 164 Å². The van der Waals surface area contributed by atoms with E-state index < -0.39 is 0 Å². The number of benzene rings is 7. The fourth-order valence-electron chi connectivity index (χ4n) is 6.44. The molecule has 1 heterocycles. The molecule has 0 atom stereocenters. The van der Waals surface area contributed by atoms with Crippen molar-refractivity contribution in [3.05, 3.63) is 164 Å². The molecule has 8 rings (SSSR count). The molecule has 0 amide bonds. The second-order valence-corrected chi connectivity index (χ2v) is 10.7. The van der Waals surface area contributed by atoms with Crippen molar-refractivity contribution in [3.63, 3.8) is 0 Å². The van der Waals surface area contributed by atoms with E-state index in [2.05, 4.69) is 152 Å². The fourth-order valence-corrected chi connectivity index (χ4v) is 6.44. The van der Waals surface area contributed by atoms with Gasteiger partial charge in [-0.05, 0) is 66.6 Å². The van der Waals surface area contributed by atoms with Crippen LogP contribution >= 0.6 is 0 Å². The molecule has 0 spiro atoms. The topological polar surface area (TPSA) is 12.9 Å². The molecule has 196 valence electrons. The highest BCUT2D eigenvalue weighted by Gasteiger charge is 2.17. The van der Waals surface area contributed by atoms with E-state index in [9.17, 15) is 0 Å². The average Bonchev–Trinajstić information content (AvgIpc) is 3.07. The summed E-state index contributed by atoms with van der Waals surface area (Å²) in [6.45, 7) is 0. The molecule has 1 nitrogen and oxygen atoms in total. The van der Waals surface area contributed by atoms with Crippen molar-refractivity contribution < 1.29 is 0 Å². The maximum absolute atomic E-state index is 4.93. The molecule has 8 aromatic rings. The molecule has 0 unspecified atom stereocenters. The molecule has 0 bridgehead atoms. The summed E-state index contributed by atoms with van der Waals surface area (Å²) >= 11 is 0. The van der Waals surface area contributed by atoms with Gasteiger partial charge in [0, 0.05) is 17.1 Å². The molecular formula is C41H27N. The van der Waals surface area contributed by atoms with E-state index in [0.29, 0.717) is 0 Å². The van der Waals surface area contributed by atoms with E-state index in [-0.39, 0.29) is 0 Å². The lowest BCUT2D eigenvalue weighted by molar-refractivity contribution is 1.42. The Hall–Kier alpha value is -5.53. The highest BCUT2D eigenvalue weighted by atomic mass is 14.7. The summed E-state index contributed by atoms with van der Waals surface area (Å²) in [5.41, 5.74) is 10.8. The molecule has 42 heavy (non-hydrogen) atoms. The van der Waals surface area contributed by atoms with Crippen LogP contribution in [-0.4, -0.2) is 4.98 Å². The summed E-state index contributed by atoms with van der Waals surface area (Å²) in [6.07, 6.45) is 1.90. The lowest BCUT2D eigenvalue weighted by Gasteiger charge is -2.17. The fraction of sp³-hybridized carbons (Fsp3) is 0. The summed E-state index contributed by atoms with van der Waals surface area (Å²) in [5.74, 6) is 0. The van der Waals surface area contributed by atoms with Gasteiger partial charge >= 0.3 is 0 Å². The first-order valence-electron chi connectivity index (χ1n) is 14.4. The van der Waals surface area contributed by atoms with Gasteiger partial charge in [0.05, 0.1) is 5.52 Å². The first-order chi connectivity index (χ1) is 20.9. The van der Waals surface area contributed by atoms with Crippen molar-refractivity contribution in [3.8, 4) is 44.5 Å². The zero-order chi connectivity index (χ0) is 27.9. The van der Waals surface area contributed by atoms with Gasteiger partial charge < -0.3 is 0 Å². The Morgan fingerprint density at radius 1 is 0.286 bits per heavy atom. The number of fused-ring (bicyclic) bond motifs is 3. The lowest BCUT2D eigenvalue weighted by Crippen LogP contribution is -1.92. The van der Waals surface area contributed by atoms with Gasteiger partial charge in [0.1, 0.15) is 0 Å². The highest BCUT2D eigenvalue weighted by molar-refractivity contribution is 6.20. The third kappa shape index (κ3) is 3.98. The summed E-state index contributed by atoms with van der Waals surface area (Å²) in [5, 5.41) is 6.16. The number of hydrogen-bond acceptors (Lipinski definition) is 1. The normalized spacial score (nSPS) is 11.3. The largest absolute Gasteiger partial charge is 0.256 e. The Kier molecular flexibility index (Phi) is 5.86. The molecule has 1 aromatic heterocycles. The molecule has 0 saturated heterocycles. The SMILES string of the molecule is c1ccc(-c2ccc(-c3ccc(-c4c5ccccc5c(-c5ccccc5)c5ncccc45)cc3)c3ccccc23)cc1. The van der Waals surface area contributed by atoms with Crippen LogP contribution in [0.3, 0.4) is 0 Å². The minimum absolute atomic E-state index is 1.03. The quantitative estimate of drug-likeness (QED) is 0.205. The van der Waals surface area contributed by atoms with Crippen molar-refractivity contribution in [2.24, 2.45) is 0 Å². The van der Waals surface area contributed by atoms with E-state index >= 15 is 0 Å². The molecule has 0 radical (unpaired) electrons. The Balaban J connectivity index is 1.31. The monoisotopic (exact) mass is 533 g/mol. The maximum Gasteiger partial charge on any atom is 0.0792 e. The number of rotatable bonds is 4. The first-order valence-corrected chi connectivity index (χ1v) is 14.4. The molecule has 0 aliphatic carbocycles. The van der Waals surface area contributed by atoms with Crippen molar-refractivity contribution >= 4 is 32.4 Å². The molecule has 1 heteroatoms. The van der Waals surface area contributed by atoms with E-state index in [4.69, 9.17) is 4.98 Å². The lowest BCUT2D eigenvalue weighted by atomic mass is 9.87. The highest BCUT2D eigenvalue weighted by Crippen LogP contribution is 2.43. The third-order valence-corrected chi connectivity index (χ3v) is 8.34. The van der Waals surface area contributed by atoms with Crippen LogP contribution in [0.1, 0.15) is 0 Å². The number of nitrogens with zero attached hydrogens (tertiary/aromatic N) is 1. The van der Waals surface area contributed by atoms with E-state index in [1.54, 1.807) is 0 Å². The van der Waals surface area contributed by atoms with E-state index in [1.165, 1.54) is 71.4 Å². The summed E-state index contributed by atoms with van der Waals surface area (Å²) in [4.78, 5) is 4.93. The van der Waals surface area contributed by atoms with Gasteiger partial charge in [-0.15, -0.1) is 0 Å². The molecule has 0 aliphatic heterocycles. The minimum atomic E-state index is 1.03. The summed E-state index contributed by atoms with van der Waals surface area (Å²) in [7, 11) is 0. The third-order valence-electron chi connectivity index (χ3n) is 8.34. The smallest absolute Gasteiger partial charge is 0.0792 e. The predicted octanol–water partition coefficient (Wildman–Crippen LogP) is 11.2. The van der Waals surface area contributed by atoms with Crippen LogP contribution in [0, 0.1) is 0 Å². The Morgan fingerprint density at radius 2 is 0.714 bits per heavy atom. The Labute approximate surface area is 245 Å². The molecule has 0 aliphatic rings. The number of pyridine rings is 1. The van der Waals surface area contributed by atoms with Gasteiger partial charge in [0.25, 0.3) is 0 Å². The molecule has 0 N–H and O–H groups in total. The van der Waals surface area contributed by atoms with Crippen molar-refractivity contribution in [2.75, 3.05) is 0 Å². The summed E-state index contributed by atoms with van der Waals surface area (Å²) in [6, 6.07) is 56.6. The Bertz CT molecular complexity index is 2160. The number of aromatic nitrogens is 1. The molecule has 7 aromatic carbocycles. The van der Waals surface area contributed by atoms with Crippen molar-refractivity contribution in [1.29, 1.82) is 0 Å². The van der Waals surface area contributed by atoms with E-state index in [1.807, 2.05) is 12.3 Å². The molecular weight excluding hydrogens is 506 g/mol. The van der Waals surface area contributed by atoms with Crippen LogP contribution in [0.2, 0.25) is 0 Å². The van der Waals surface area contributed by atoms with Crippen LogP contribution < -0.4 is 0 Å². The first kappa shape index (κ1) is 24.3. The zero-order valence-electron chi connectivity index (χ0n) is 23.0. The van der Waals surface area contributed by atoms with Crippen LogP contribution in [-0.2, 0) is 0 Å². The maximum atomic E-state index is 4.93. The molecule has 0 fully saturated rings. The van der Waals surface area contributed by atoms with Gasteiger partial charge in [0.2, 0.25) is 0 Å². The van der Waals surface area contributed by atoms with Crippen LogP contribution in [0.5, 0.6) is 0 Å². The second-order valence-electron chi connectivity index (χ2n) is 10.7. The standard InChI is InChI=1S/C41H27N/c1-3-12-28(13-4-1)32-25-26-33(35-17-8-7-16-34(32)35)29-21-23-31(24-22-29)39-36-18-9-10-19-37(36)40(30-14-5-2-6-15-30)41-38(39)20-11-27-42-41/h1-27H. The average molecular weight is 534 g/mol. The van der Waals surface area contributed by atoms with Gasteiger partial charge in [0.15, 0.2) is 0 Å². The van der Waals surface area contributed by atoms with Gasteiger partial charge in [-0.25, -0.2) is 0 Å². The van der Waals surface area contributed by atoms with Crippen LogP contribution in [0.4, 0.5) is 0 Å². The van der Waals surface area contributed by atoms with Crippen LogP contribution in [0.25, 0.3) is 77.0 Å². The van der Waals surface area contributed by atoms with Gasteiger partial charge in [-0.3, -0.25) is 4.98 Å². The predicted molar refractivity (Wildman–Crippen MR) is 178 cm³/mol.